The lowest BCUT2D eigenvalue weighted by Crippen LogP contribution is -2.43. The third-order valence-corrected chi connectivity index (χ3v) is 4.70. The number of likely N-dealkylation sites (tertiary alicyclic amines) is 1. The molecule has 18 heavy (non-hydrogen) atoms. The highest BCUT2D eigenvalue weighted by atomic mass is 32.2. The molecule has 1 aliphatic heterocycles. The Kier molecular flexibility index (Phi) is 3.99. The van der Waals surface area contributed by atoms with E-state index in [-0.39, 0.29) is 10.9 Å². The van der Waals surface area contributed by atoms with Gasteiger partial charge in [-0.3, -0.25) is 0 Å². The van der Waals surface area contributed by atoms with Crippen LogP contribution in [0.5, 0.6) is 0 Å². The second-order valence-corrected chi connectivity index (χ2v) is 6.37. The summed E-state index contributed by atoms with van der Waals surface area (Å²) < 4.78 is 39.5. The van der Waals surface area contributed by atoms with Gasteiger partial charge in [0.15, 0.2) is 0 Å². The molecular formula is C12H17FN2O2S. The van der Waals surface area contributed by atoms with Crippen molar-refractivity contribution in [3.63, 3.8) is 0 Å². The molecule has 1 aliphatic rings. The van der Waals surface area contributed by atoms with Gasteiger partial charge in [-0.1, -0.05) is 0 Å². The van der Waals surface area contributed by atoms with E-state index >= 15 is 0 Å². The summed E-state index contributed by atoms with van der Waals surface area (Å²) in [7, 11) is -1.51. The van der Waals surface area contributed by atoms with E-state index in [0.717, 1.165) is 38.1 Å². The van der Waals surface area contributed by atoms with Crippen LogP contribution in [0, 0.1) is 5.82 Å². The van der Waals surface area contributed by atoms with Crippen LogP contribution in [0.3, 0.4) is 0 Å². The zero-order valence-corrected chi connectivity index (χ0v) is 11.1. The summed E-state index contributed by atoms with van der Waals surface area (Å²) in [6.45, 7) is 1.77. The molecule has 0 amide bonds. The summed E-state index contributed by atoms with van der Waals surface area (Å²) in [4.78, 5) is 2.28. The number of halogens is 1. The van der Waals surface area contributed by atoms with E-state index in [2.05, 4.69) is 9.62 Å². The molecular weight excluding hydrogens is 255 g/mol. The van der Waals surface area contributed by atoms with Crippen LogP contribution >= 0.6 is 0 Å². The number of nitrogens with one attached hydrogen (secondary N) is 1. The lowest BCUT2D eigenvalue weighted by molar-refractivity contribution is 0.248. The Bertz CT molecular complexity index is 493. The Hall–Kier alpha value is -0.980. The largest absolute Gasteiger partial charge is 0.306 e. The van der Waals surface area contributed by atoms with E-state index in [9.17, 15) is 12.8 Å². The first-order valence-corrected chi connectivity index (χ1v) is 7.42. The van der Waals surface area contributed by atoms with Crippen LogP contribution in [-0.2, 0) is 10.0 Å². The fourth-order valence-corrected chi connectivity index (χ4v) is 3.33. The average molecular weight is 272 g/mol. The van der Waals surface area contributed by atoms with Crippen LogP contribution in [-0.4, -0.2) is 39.5 Å². The summed E-state index contributed by atoms with van der Waals surface area (Å²) in [5, 5.41) is 0. The van der Waals surface area contributed by atoms with E-state index in [0.29, 0.717) is 0 Å². The topological polar surface area (TPSA) is 49.4 Å². The molecule has 1 saturated heterocycles. The maximum absolute atomic E-state index is 12.8. The van der Waals surface area contributed by atoms with Gasteiger partial charge in [-0.2, -0.15) is 0 Å². The quantitative estimate of drug-likeness (QED) is 0.899. The van der Waals surface area contributed by atoms with Gasteiger partial charge in [0, 0.05) is 6.04 Å². The van der Waals surface area contributed by atoms with Crippen molar-refractivity contribution in [3.05, 3.63) is 30.1 Å². The highest BCUT2D eigenvalue weighted by molar-refractivity contribution is 7.89. The first kappa shape index (κ1) is 13.5. The van der Waals surface area contributed by atoms with Crippen molar-refractivity contribution in [3.8, 4) is 0 Å². The third-order valence-electron chi connectivity index (χ3n) is 3.16. The van der Waals surface area contributed by atoms with Crippen molar-refractivity contribution in [1.82, 2.24) is 9.62 Å². The Morgan fingerprint density at radius 2 is 1.78 bits per heavy atom. The van der Waals surface area contributed by atoms with Crippen LogP contribution in [0.25, 0.3) is 0 Å². The molecule has 100 valence electrons. The maximum Gasteiger partial charge on any atom is 0.240 e. The van der Waals surface area contributed by atoms with Gasteiger partial charge in [0.1, 0.15) is 5.82 Å². The summed E-state index contributed by atoms with van der Waals surface area (Å²) in [6.07, 6.45) is 1.61. The number of benzene rings is 1. The molecule has 1 aromatic carbocycles. The van der Waals surface area contributed by atoms with Crippen LogP contribution < -0.4 is 4.72 Å². The fraction of sp³-hybridized carbons (Fsp3) is 0.500. The van der Waals surface area contributed by atoms with Crippen molar-refractivity contribution in [1.29, 1.82) is 0 Å². The van der Waals surface area contributed by atoms with E-state index < -0.39 is 15.8 Å². The average Bonchev–Trinajstić information content (AvgIpc) is 2.32. The number of rotatable bonds is 3. The molecule has 1 heterocycles. The van der Waals surface area contributed by atoms with E-state index in [4.69, 9.17) is 0 Å². The number of piperidine rings is 1. The monoisotopic (exact) mass is 272 g/mol. The molecule has 1 aromatic rings. The highest BCUT2D eigenvalue weighted by Crippen LogP contribution is 2.14. The fourth-order valence-electron chi connectivity index (χ4n) is 2.03. The first-order chi connectivity index (χ1) is 8.47. The van der Waals surface area contributed by atoms with Gasteiger partial charge in [-0.05, 0) is 57.2 Å². The van der Waals surface area contributed by atoms with Gasteiger partial charge in [-0.15, -0.1) is 0 Å². The smallest absolute Gasteiger partial charge is 0.240 e. The number of hydrogen-bond donors (Lipinski definition) is 1. The molecule has 1 N–H and O–H groups in total. The van der Waals surface area contributed by atoms with Crippen molar-refractivity contribution >= 4 is 10.0 Å². The standard InChI is InChI=1S/C12H17FN2O2S/c1-15-8-6-11(7-9-15)14-18(16,17)12-4-2-10(13)3-5-12/h2-5,11,14H,6-9H2,1H3. The molecule has 0 unspecified atom stereocenters. The molecule has 2 rings (SSSR count). The third kappa shape index (κ3) is 3.28. The van der Waals surface area contributed by atoms with Crippen molar-refractivity contribution in [2.45, 2.75) is 23.8 Å². The van der Waals surface area contributed by atoms with Crippen molar-refractivity contribution < 1.29 is 12.8 Å². The predicted molar refractivity (Wildman–Crippen MR) is 67.2 cm³/mol. The number of hydrogen-bond acceptors (Lipinski definition) is 3. The Morgan fingerprint density at radius 3 is 2.33 bits per heavy atom. The molecule has 4 nitrogen and oxygen atoms in total. The second-order valence-electron chi connectivity index (χ2n) is 4.65. The molecule has 0 saturated carbocycles. The molecule has 0 radical (unpaired) electrons. The summed E-state index contributed by atoms with van der Waals surface area (Å²) >= 11 is 0. The van der Waals surface area contributed by atoms with Crippen LogP contribution in [0.4, 0.5) is 4.39 Å². The second kappa shape index (κ2) is 5.34. The Morgan fingerprint density at radius 1 is 1.22 bits per heavy atom. The summed E-state index contributed by atoms with van der Waals surface area (Å²) in [5.41, 5.74) is 0. The van der Waals surface area contributed by atoms with Crippen LogP contribution in [0.1, 0.15) is 12.8 Å². The zero-order chi connectivity index (χ0) is 13.2. The van der Waals surface area contributed by atoms with E-state index in [1.54, 1.807) is 0 Å². The highest BCUT2D eigenvalue weighted by Gasteiger charge is 2.23. The van der Waals surface area contributed by atoms with Gasteiger partial charge in [-0.25, -0.2) is 17.5 Å². The molecule has 0 aliphatic carbocycles. The molecule has 0 aromatic heterocycles. The number of nitrogens with zero attached hydrogens (tertiary/aromatic N) is 1. The SMILES string of the molecule is CN1CCC(NS(=O)(=O)c2ccc(F)cc2)CC1. The van der Waals surface area contributed by atoms with Crippen LogP contribution in [0.15, 0.2) is 29.2 Å². The molecule has 0 spiro atoms. The molecule has 1 fully saturated rings. The van der Waals surface area contributed by atoms with Gasteiger partial charge in [0.2, 0.25) is 10.0 Å². The molecule has 0 bridgehead atoms. The Balaban J connectivity index is 2.05. The summed E-state index contributed by atoms with van der Waals surface area (Å²) in [6, 6.07) is 4.85. The minimum atomic E-state index is -3.53. The van der Waals surface area contributed by atoms with E-state index in [1.807, 2.05) is 7.05 Å². The molecule has 0 atom stereocenters. The lowest BCUT2D eigenvalue weighted by Gasteiger charge is -2.29. The minimum Gasteiger partial charge on any atom is -0.306 e. The maximum atomic E-state index is 12.8. The van der Waals surface area contributed by atoms with Gasteiger partial charge in [0.05, 0.1) is 4.90 Å². The minimum absolute atomic E-state index is 0.0312. The van der Waals surface area contributed by atoms with Gasteiger partial charge >= 0.3 is 0 Å². The van der Waals surface area contributed by atoms with Crippen molar-refractivity contribution in [2.75, 3.05) is 20.1 Å². The Labute approximate surface area is 107 Å². The van der Waals surface area contributed by atoms with Gasteiger partial charge in [0.25, 0.3) is 0 Å². The lowest BCUT2D eigenvalue weighted by atomic mass is 10.1. The normalized spacial score (nSPS) is 19.0. The van der Waals surface area contributed by atoms with Crippen LogP contribution in [0.2, 0.25) is 0 Å². The van der Waals surface area contributed by atoms with E-state index in [1.165, 1.54) is 12.1 Å². The summed E-state index contributed by atoms with van der Waals surface area (Å²) in [5.74, 6) is -0.437. The number of sulfonamides is 1. The van der Waals surface area contributed by atoms with Crippen molar-refractivity contribution in [2.24, 2.45) is 0 Å². The first-order valence-electron chi connectivity index (χ1n) is 5.94. The zero-order valence-electron chi connectivity index (χ0n) is 10.3. The van der Waals surface area contributed by atoms with Gasteiger partial charge < -0.3 is 4.90 Å². The molecule has 6 heteroatoms. The predicted octanol–water partition coefficient (Wildman–Crippen LogP) is 1.20.